The molecule has 0 heterocycles. The Morgan fingerprint density at radius 3 is 1.54 bits per heavy atom. The molecule has 0 fully saturated rings. The van der Waals surface area contributed by atoms with Crippen LogP contribution < -0.4 is 0 Å². The summed E-state index contributed by atoms with van der Waals surface area (Å²) in [5.41, 5.74) is 5.01. The molecule has 6 heteroatoms. The first-order valence-electron chi connectivity index (χ1n) is 11.7. The van der Waals surface area contributed by atoms with Gasteiger partial charge >= 0.3 is 5.97 Å². The lowest BCUT2D eigenvalue weighted by Gasteiger charge is -2.19. The van der Waals surface area contributed by atoms with Gasteiger partial charge in [-0.1, -0.05) is 66.7 Å². The molecule has 0 aromatic heterocycles. The molecule has 0 bridgehead atoms. The van der Waals surface area contributed by atoms with E-state index in [2.05, 4.69) is 0 Å². The SMILES string of the molecule is O=C(OCCc1ccc2c(c1)-c1ccccc1C(=O)C2=O)c1ccc2c(c1)-c1ccccc1C(=O)C2=O. The van der Waals surface area contributed by atoms with Crippen molar-refractivity contribution >= 4 is 29.1 Å². The van der Waals surface area contributed by atoms with E-state index in [1.165, 1.54) is 12.1 Å². The van der Waals surface area contributed by atoms with Crippen molar-refractivity contribution in [3.05, 3.63) is 118 Å². The van der Waals surface area contributed by atoms with E-state index in [1.54, 1.807) is 54.6 Å². The van der Waals surface area contributed by atoms with Crippen molar-refractivity contribution in [2.75, 3.05) is 6.61 Å². The fourth-order valence-electron chi connectivity index (χ4n) is 4.93. The summed E-state index contributed by atoms with van der Waals surface area (Å²) in [7, 11) is 0. The second kappa shape index (κ2) is 8.60. The van der Waals surface area contributed by atoms with Gasteiger partial charge in [-0.15, -0.1) is 0 Å². The molecule has 37 heavy (non-hydrogen) atoms. The number of carbonyl (C=O) groups excluding carboxylic acids is 5. The zero-order valence-electron chi connectivity index (χ0n) is 19.4. The molecule has 0 aliphatic heterocycles. The molecule has 0 saturated heterocycles. The van der Waals surface area contributed by atoms with Crippen molar-refractivity contribution in [1.82, 2.24) is 0 Å². The normalized spacial score (nSPS) is 13.4. The van der Waals surface area contributed by atoms with E-state index in [-0.39, 0.29) is 17.7 Å². The predicted molar refractivity (Wildman–Crippen MR) is 135 cm³/mol. The summed E-state index contributed by atoms with van der Waals surface area (Å²) in [5, 5.41) is 0. The van der Waals surface area contributed by atoms with Crippen molar-refractivity contribution in [3.8, 4) is 22.3 Å². The number of benzene rings is 4. The highest BCUT2D eigenvalue weighted by molar-refractivity contribution is 6.53. The summed E-state index contributed by atoms with van der Waals surface area (Å²) < 4.78 is 5.50. The maximum Gasteiger partial charge on any atom is 0.338 e. The van der Waals surface area contributed by atoms with Gasteiger partial charge < -0.3 is 4.74 Å². The van der Waals surface area contributed by atoms with Crippen molar-refractivity contribution in [1.29, 1.82) is 0 Å². The summed E-state index contributed by atoms with van der Waals surface area (Å²) in [6.45, 7) is 0.0945. The highest BCUT2D eigenvalue weighted by Gasteiger charge is 2.31. The van der Waals surface area contributed by atoms with Gasteiger partial charge in [-0.25, -0.2) is 4.79 Å². The summed E-state index contributed by atoms with van der Waals surface area (Å²) in [4.78, 5) is 62.6. The number of ether oxygens (including phenoxy) is 1. The second-order valence-corrected chi connectivity index (χ2v) is 8.93. The van der Waals surface area contributed by atoms with Crippen LogP contribution in [0.15, 0.2) is 84.9 Å². The quantitative estimate of drug-likeness (QED) is 0.292. The van der Waals surface area contributed by atoms with Gasteiger partial charge in [0.2, 0.25) is 23.1 Å². The average Bonchev–Trinajstić information content (AvgIpc) is 2.94. The van der Waals surface area contributed by atoms with E-state index in [9.17, 15) is 24.0 Å². The molecular weight excluding hydrogens is 468 g/mol. The number of carbonyl (C=O) groups is 5. The maximum absolute atomic E-state index is 12.8. The molecule has 2 aliphatic rings. The molecule has 0 unspecified atom stereocenters. The van der Waals surface area contributed by atoms with E-state index < -0.39 is 29.1 Å². The minimum Gasteiger partial charge on any atom is -0.462 e. The largest absolute Gasteiger partial charge is 0.462 e. The number of rotatable bonds is 4. The fourth-order valence-corrected chi connectivity index (χ4v) is 4.93. The Hall–Kier alpha value is -4.97. The third-order valence-corrected chi connectivity index (χ3v) is 6.79. The molecule has 0 spiro atoms. The summed E-state index contributed by atoms with van der Waals surface area (Å²) in [6, 6.07) is 23.6. The van der Waals surface area contributed by atoms with Crippen LogP contribution in [0.4, 0.5) is 0 Å². The van der Waals surface area contributed by atoms with E-state index in [0.29, 0.717) is 45.4 Å². The van der Waals surface area contributed by atoms with Gasteiger partial charge in [-0.3, -0.25) is 19.2 Å². The first kappa shape index (κ1) is 22.5. The lowest BCUT2D eigenvalue weighted by Crippen LogP contribution is -2.21. The van der Waals surface area contributed by atoms with E-state index in [0.717, 1.165) is 5.56 Å². The van der Waals surface area contributed by atoms with Crippen LogP contribution in [-0.4, -0.2) is 35.7 Å². The minimum atomic E-state index is -0.595. The fraction of sp³-hybridized carbons (Fsp3) is 0.0645. The lowest BCUT2D eigenvalue weighted by molar-refractivity contribution is 0.0509. The molecule has 178 valence electrons. The number of fused-ring (bicyclic) bond motifs is 6. The van der Waals surface area contributed by atoms with Gasteiger partial charge in [0, 0.05) is 28.7 Å². The monoisotopic (exact) mass is 486 g/mol. The van der Waals surface area contributed by atoms with Crippen LogP contribution in [0.25, 0.3) is 22.3 Å². The lowest BCUT2D eigenvalue weighted by atomic mass is 9.83. The van der Waals surface area contributed by atoms with Gasteiger partial charge in [-0.05, 0) is 46.0 Å². The maximum atomic E-state index is 12.8. The van der Waals surface area contributed by atoms with E-state index in [4.69, 9.17) is 4.74 Å². The van der Waals surface area contributed by atoms with Gasteiger partial charge in [0.15, 0.2) is 0 Å². The summed E-state index contributed by atoms with van der Waals surface area (Å²) in [6.07, 6.45) is 0.407. The standard InChI is InChI=1S/C31H18O6/c32-27-21-7-3-1-5-19(21)25-15-17(9-11-23(25)29(27)34)13-14-37-31(36)18-10-12-24-26(16-18)20-6-2-4-8-22(20)28(33)30(24)35/h1-12,15-16H,13-14H2. The van der Waals surface area contributed by atoms with Crippen LogP contribution in [0.3, 0.4) is 0 Å². The first-order valence-corrected chi connectivity index (χ1v) is 11.7. The third kappa shape index (κ3) is 3.62. The van der Waals surface area contributed by atoms with Crippen molar-refractivity contribution in [2.24, 2.45) is 0 Å². The predicted octanol–water partition coefficient (Wildman–Crippen LogP) is 5.18. The van der Waals surface area contributed by atoms with Crippen LogP contribution in [0.2, 0.25) is 0 Å². The Balaban J connectivity index is 1.21. The molecule has 0 radical (unpaired) electrons. The van der Waals surface area contributed by atoms with Crippen molar-refractivity contribution in [3.63, 3.8) is 0 Å². The molecule has 2 aliphatic carbocycles. The van der Waals surface area contributed by atoms with Crippen LogP contribution in [0.5, 0.6) is 0 Å². The Bertz CT molecular complexity index is 1690. The molecule has 4 aromatic carbocycles. The molecular formula is C31H18O6. The molecule has 4 aromatic rings. The number of hydrogen-bond acceptors (Lipinski definition) is 6. The van der Waals surface area contributed by atoms with E-state index >= 15 is 0 Å². The molecule has 0 N–H and O–H groups in total. The molecule has 0 atom stereocenters. The van der Waals surface area contributed by atoms with Gasteiger partial charge in [-0.2, -0.15) is 0 Å². The van der Waals surface area contributed by atoms with Crippen LogP contribution >= 0.6 is 0 Å². The Morgan fingerprint density at radius 1 is 0.514 bits per heavy atom. The number of Topliss-reactive ketones (excluding diaryl/α,β-unsaturated/α-hetero) is 4. The van der Waals surface area contributed by atoms with Gasteiger partial charge in [0.05, 0.1) is 12.2 Å². The number of ketones is 4. The molecule has 0 saturated carbocycles. The minimum absolute atomic E-state index is 0.0945. The summed E-state index contributed by atoms with van der Waals surface area (Å²) >= 11 is 0. The second-order valence-electron chi connectivity index (χ2n) is 8.93. The van der Waals surface area contributed by atoms with Crippen LogP contribution in [0.1, 0.15) is 57.4 Å². The van der Waals surface area contributed by atoms with Gasteiger partial charge in [0.25, 0.3) is 0 Å². The zero-order valence-corrected chi connectivity index (χ0v) is 19.4. The van der Waals surface area contributed by atoms with Crippen LogP contribution in [0, 0.1) is 0 Å². The Morgan fingerprint density at radius 2 is 0.973 bits per heavy atom. The third-order valence-electron chi connectivity index (χ3n) is 6.79. The highest BCUT2D eigenvalue weighted by atomic mass is 16.5. The van der Waals surface area contributed by atoms with Crippen LogP contribution in [-0.2, 0) is 11.2 Å². The van der Waals surface area contributed by atoms with Gasteiger partial charge in [0.1, 0.15) is 0 Å². The number of hydrogen-bond donors (Lipinski definition) is 0. The topological polar surface area (TPSA) is 94.6 Å². The van der Waals surface area contributed by atoms with Crippen molar-refractivity contribution < 1.29 is 28.7 Å². The highest BCUT2D eigenvalue weighted by Crippen LogP contribution is 2.35. The van der Waals surface area contributed by atoms with Crippen molar-refractivity contribution in [2.45, 2.75) is 6.42 Å². The number of esters is 1. The zero-order chi connectivity index (χ0) is 25.7. The Kier molecular flexibility index (Phi) is 5.23. The molecule has 6 nitrogen and oxygen atoms in total. The first-order chi connectivity index (χ1) is 17.9. The Labute approximate surface area is 211 Å². The molecule has 0 amide bonds. The average molecular weight is 486 g/mol. The van der Waals surface area contributed by atoms with E-state index in [1.807, 2.05) is 18.2 Å². The summed E-state index contributed by atoms with van der Waals surface area (Å²) in [5.74, 6) is -2.74. The smallest absolute Gasteiger partial charge is 0.338 e. The molecule has 6 rings (SSSR count).